The summed E-state index contributed by atoms with van der Waals surface area (Å²) < 4.78 is 36.7. The number of nitrogens with zero attached hydrogens (tertiary/aromatic N) is 5. The number of alkyl halides is 2. The normalized spacial score (nSPS) is 17.2. The van der Waals surface area contributed by atoms with E-state index < -0.39 is 29.8 Å². The van der Waals surface area contributed by atoms with Crippen LogP contribution in [0, 0.1) is 11.3 Å². The molecule has 1 saturated heterocycles. The molecule has 3 aromatic heterocycles. The summed E-state index contributed by atoms with van der Waals surface area (Å²) >= 11 is 0. The van der Waals surface area contributed by atoms with Crippen LogP contribution in [0.25, 0.3) is 16.9 Å². The van der Waals surface area contributed by atoms with Crippen molar-refractivity contribution in [3.63, 3.8) is 0 Å². The first kappa shape index (κ1) is 20.4. The summed E-state index contributed by atoms with van der Waals surface area (Å²) in [5.74, 6) is -2.96. The topological polar surface area (TPSA) is 132 Å². The van der Waals surface area contributed by atoms with Gasteiger partial charge in [0.2, 0.25) is 0 Å². The molecular weight excluding hydrogens is 436 g/mol. The molecule has 4 heterocycles. The Balaban J connectivity index is 1.51. The second-order valence-corrected chi connectivity index (χ2v) is 7.48. The van der Waals surface area contributed by atoms with Gasteiger partial charge in [-0.15, -0.1) is 0 Å². The first-order chi connectivity index (χ1) is 15.8. The van der Waals surface area contributed by atoms with Crippen molar-refractivity contribution in [2.45, 2.75) is 12.0 Å². The summed E-state index contributed by atoms with van der Waals surface area (Å²) in [6.07, 6.45) is 2.76. The second kappa shape index (κ2) is 7.56. The number of ether oxygens (including phenoxy) is 1. The predicted molar refractivity (Wildman–Crippen MR) is 112 cm³/mol. The fourth-order valence-electron chi connectivity index (χ4n) is 3.70. The van der Waals surface area contributed by atoms with Gasteiger partial charge in [-0.1, -0.05) is 0 Å². The van der Waals surface area contributed by atoms with E-state index in [0.29, 0.717) is 16.9 Å². The molecule has 0 bridgehead atoms. The number of H-pyrrole nitrogens is 2. The quantitative estimate of drug-likeness (QED) is 0.481. The molecule has 0 amide bonds. The maximum Gasteiger partial charge on any atom is 0.325 e. The predicted octanol–water partition coefficient (Wildman–Crippen LogP) is 1.55. The molecule has 5 rings (SSSR count). The zero-order chi connectivity index (χ0) is 23.2. The van der Waals surface area contributed by atoms with E-state index >= 15 is 0 Å². The lowest BCUT2D eigenvalue weighted by Crippen LogP contribution is -2.36. The standard InChI is InChI=1S/C21H15F2N7O3/c22-21(23)11-29(10-17(21)33-13-3-1-12(8-24)2-4-13)16-7-15(28-30-6-5-25-18(16)30)14-9-26-20(32)27-19(14)31/h1-7,9,17H,10-11H2,(H2,26,27,31,32)/t17-/m0/s1. The molecule has 12 heteroatoms. The van der Waals surface area contributed by atoms with Crippen LogP contribution < -0.4 is 20.9 Å². The van der Waals surface area contributed by atoms with Gasteiger partial charge >= 0.3 is 11.6 Å². The Kier molecular flexibility index (Phi) is 4.67. The first-order valence-corrected chi connectivity index (χ1v) is 9.80. The van der Waals surface area contributed by atoms with Crippen LogP contribution in [0.3, 0.4) is 0 Å². The van der Waals surface area contributed by atoms with Crippen molar-refractivity contribution in [3.05, 3.63) is 75.3 Å². The van der Waals surface area contributed by atoms with Crippen molar-refractivity contribution >= 4 is 11.3 Å². The average molecular weight is 451 g/mol. The third-order valence-corrected chi connectivity index (χ3v) is 5.30. The number of aromatic amines is 2. The van der Waals surface area contributed by atoms with Gasteiger partial charge in [-0.25, -0.2) is 23.1 Å². The number of benzene rings is 1. The van der Waals surface area contributed by atoms with Gasteiger partial charge in [0, 0.05) is 18.6 Å². The Morgan fingerprint density at radius 2 is 2.03 bits per heavy atom. The molecule has 1 fully saturated rings. The van der Waals surface area contributed by atoms with Gasteiger partial charge < -0.3 is 14.6 Å². The highest BCUT2D eigenvalue weighted by Gasteiger charge is 2.50. The zero-order valence-electron chi connectivity index (χ0n) is 16.8. The van der Waals surface area contributed by atoms with Crippen molar-refractivity contribution in [1.82, 2.24) is 24.6 Å². The van der Waals surface area contributed by atoms with Crippen LogP contribution in [0.2, 0.25) is 0 Å². The Hall–Kier alpha value is -4.53. The molecule has 33 heavy (non-hydrogen) atoms. The van der Waals surface area contributed by atoms with E-state index in [9.17, 15) is 18.4 Å². The van der Waals surface area contributed by atoms with Gasteiger partial charge in [0.15, 0.2) is 11.8 Å². The van der Waals surface area contributed by atoms with E-state index in [-0.39, 0.29) is 23.6 Å². The van der Waals surface area contributed by atoms with Crippen LogP contribution in [-0.2, 0) is 0 Å². The molecule has 2 N–H and O–H groups in total. The lowest BCUT2D eigenvalue weighted by molar-refractivity contribution is -0.0594. The summed E-state index contributed by atoms with van der Waals surface area (Å²) in [4.78, 5) is 33.7. The average Bonchev–Trinajstić information content (AvgIpc) is 3.37. The van der Waals surface area contributed by atoms with Gasteiger partial charge in [0.1, 0.15) is 11.4 Å². The monoisotopic (exact) mass is 451 g/mol. The van der Waals surface area contributed by atoms with E-state index in [0.717, 1.165) is 0 Å². The number of aromatic nitrogens is 5. The van der Waals surface area contributed by atoms with Crippen LogP contribution in [0.1, 0.15) is 5.56 Å². The van der Waals surface area contributed by atoms with Crippen molar-refractivity contribution < 1.29 is 13.5 Å². The lowest BCUT2D eigenvalue weighted by atomic mass is 10.2. The van der Waals surface area contributed by atoms with Crippen LogP contribution in [0.5, 0.6) is 5.75 Å². The second-order valence-electron chi connectivity index (χ2n) is 7.48. The minimum absolute atomic E-state index is 0.0720. The first-order valence-electron chi connectivity index (χ1n) is 9.80. The largest absolute Gasteiger partial charge is 0.482 e. The van der Waals surface area contributed by atoms with Crippen molar-refractivity contribution in [2.75, 3.05) is 18.0 Å². The third-order valence-electron chi connectivity index (χ3n) is 5.30. The van der Waals surface area contributed by atoms with Gasteiger partial charge in [0.05, 0.1) is 36.0 Å². The molecular formula is C21H15F2N7O3. The molecule has 0 aliphatic carbocycles. The minimum atomic E-state index is -3.18. The summed E-state index contributed by atoms with van der Waals surface area (Å²) in [5.41, 5.74) is -0.0308. The Labute approximate surface area is 183 Å². The molecule has 10 nitrogen and oxygen atoms in total. The van der Waals surface area contributed by atoms with Crippen molar-refractivity contribution in [1.29, 1.82) is 5.26 Å². The number of imidazole rings is 1. The Bertz CT molecular complexity index is 1500. The number of hydrogen-bond donors (Lipinski definition) is 2. The van der Waals surface area contributed by atoms with Crippen LogP contribution >= 0.6 is 0 Å². The molecule has 0 spiro atoms. The highest BCUT2D eigenvalue weighted by atomic mass is 19.3. The molecule has 0 unspecified atom stereocenters. The van der Waals surface area contributed by atoms with Gasteiger partial charge in [-0.05, 0) is 30.3 Å². The maximum atomic E-state index is 14.9. The molecule has 1 aliphatic heterocycles. The van der Waals surface area contributed by atoms with Gasteiger partial charge in [-0.2, -0.15) is 10.4 Å². The number of nitrogens with one attached hydrogen (secondary N) is 2. The number of nitriles is 1. The summed E-state index contributed by atoms with van der Waals surface area (Å²) in [5, 5.41) is 13.2. The third kappa shape index (κ3) is 3.69. The SMILES string of the molecule is N#Cc1ccc(O[C@H]2CN(c3cc(-c4c[nH]c(=O)[nH]c4=O)nn4ccnc34)CC2(F)F)cc1. The number of fused-ring (bicyclic) bond motifs is 1. The Morgan fingerprint density at radius 3 is 2.76 bits per heavy atom. The smallest absolute Gasteiger partial charge is 0.325 e. The van der Waals surface area contributed by atoms with Crippen LogP contribution in [-0.4, -0.2) is 49.7 Å². The zero-order valence-corrected chi connectivity index (χ0v) is 16.8. The van der Waals surface area contributed by atoms with Gasteiger partial charge in [0.25, 0.3) is 5.56 Å². The fraction of sp³-hybridized carbons (Fsp3) is 0.190. The number of anilines is 1. The van der Waals surface area contributed by atoms with Crippen LogP contribution in [0.15, 0.2) is 58.5 Å². The Morgan fingerprint density at radius 1 is 1.24 bits per heavy atom. The molecule has 0 saturated carbocycles. The molecule has 4 aromatic rings. The molecule has 1 atom stereocenters. The van der Waals surface area contributed by atoms with E-state index in [2.05, 4.69) is 20.1 Å². The fourth-order valence-corrected chi connectivity index (χ4v) is 3.70. The van der Waals surface area contributed by atoms with Crippen molar-refractivity contribution in [2.24, 2.45) is 0 Å². The van der Waals surface area contributed by atoms with E-state index in [1.54, 1.807) is 0 Å². The summed E-state index contributed by atoms with van der Waals surface area (Å²) in [7, 11) is 0. The van der Waals surface area contributed by atoms with Crippen molar-refractivity contribution in [3.8, 4) is 23.1 Å². The maximum absolute atomic E-state index is 14.9. The van der Waals surface area contributed by atoms with E-state index in [1.165, 1.54) is 58.3 Å². The summed E-state index contributed by atoms with van der Waals surface area (Å²) in [6.45, 7) is -0.789. The molecule has 166 valence electrons. The molecule has 1 aromatic carbocycles. The van der Waals surface area contributed by atoms with Gasteiger partial charge in [-0.3, -0.25) is 9.78 Å². The highest BCUT2D eigenvalue weighted by molar-refractivity contribution is 5.74. The molecule has 0 radical (unpaired) electrons. The van der Waals surface area contributed by atoms with E-state index in [4.69, 9.17) is 10.00 Å². The number of hydrogen-bond acceptors (Lipinski definition) is 7. The molecule has 1 aliphatic rings. The minimum Gasteiger partial charge on any atom is -0.482 e. The summed E-state index contributed by atoms with van der Waals surface area (Å²) in [6, 6.07) is 9.36. The number of halogens is 2. The van der Waals surface area contributed by atoms with Crippen LogP contribution in [0.4, 0.5) is 14.5 Å². The highest BCUT2D eigenvalue weighted by Crippen LogP contribution is 2.36. The number of rotatable bonds is 4. The lowest BCUT2D eigenvalue weighted by Gasteiger charge is -2.19. The van der Waals surface area contributed by atoms with E-state index in [1.807, 2.05) is 6.07 Å².